The fourth-order valence-electron chi connectivity index (χ4n) is 3.21. The summed E-state index contributed by atoms with van der Waals surface area (Å²) in [6.45, 7) is 1.43. The molecule has 162 valence electrons. The first-order valence-electron chi connectivity index (χ1n) is 9.66. The molecule has 0 saturated carbocycles. The van der Waals surface area contributed by atoms with Crippen LogP contribution in [0.15, 0.2) is 59.5 Å². The van der Waals surface area contributed by atoms with Gasteiger partial charge in [-0.3, -0.25) is 9.89 Å². The number of carbonyl (C=O) groups excluding carboxylic acids is 1. The summed E-state index contributed by atoms with van der Waals surface area (Å²) >= 11 is 0. The molecule has 1 fully saturated rings. The van der Waals surface area contributed by atoms with Crippen molar-refractivity contribution in [3.05, 3.63) is 60.3 Å². The second-order valence-corrected chi connectivity index (χ2v) is 8.83. The summed E-state index contributed by atoms with van der Waals surface area (Å²) in [4.78, 5) is 12.7. The van der Waals surface area contributed by atoms with Crippen LogP contribution in [0.2, 0.25) is 0 Å². The van der Waals surface area contributed by atoms with E-state index < -0.39 is 10.0 Å². The van der Waals surface area contributed by atoms with Crippen molar-refractivity contribution in [2.75, 3.05) is 38.7 Å². The van der Waals surface area contributed by atoms with E-state index in [9.17, 15) is 13.2 Å². The Balaban J connectivity index is 1.45. The molecule has 1 aliphatic heterocycles. The molecule has 1 aliphatic rings. The van der Waals surface area contributed by atoms with Gasteiger partial charge in [0.05, 0.1) is 30.9 Å². The number of H-pyrrole nitrogens is 1. The van der Waals surface area contributed by atoms with E-state index in [0.29, 0.717) is 43.4 Å². The highest BCUT2D eigenvalue weighted by molar-refractivity contribution is 7.89. The third-order valence-electron chi connectivity index (χ3n) is 4.91. The highest BCUT2D eigenvalue weighted by atomic mass is 32.2. The number of aromatic nitrogens is 2. The first-order valence-corrected chi connectivity index (χ1v) is 11.1. The zero-order chi connectivity index (χ0) is 21.8. The zero-order valence-corrected chi connectivity index (χ0v) is 17.7. The predicted octanol–water partition coefficient (Wildman–Crippen LogP) is 2.36. The number of amides is 1. The molecule has 0 bridgehead atoms. The van der Waals surface area contributed by atoms with E-state index in [-0.39, 0.29) is 16.5 Å². The normalized spacial score (nSPS) is 14.9. The molecule has 2 heterocycles. The minimum absolute atomic E-state index is 0.175. The molecule has 2 N–H and O–H groups in total. The third kappa shape index (κ3) is 4.61. The standard InChI is InChI=1S/C21H22N4O5S/c1-29-17-4-2-3-15(13-17)19-14-20(24-23-19)21(26)22-16-5-7-18(8-6-16)31(27,28)25-9-11-30-12-10-25/h2-8,13-14H,9-12H2,1H3,(H,22,26)(H,23,24). The Morgan fingerprint density at radius 3 is 2.58 bits per heavy atom. The Bertz CT molecular complexity index is 1170. The Morgan fingerprint density at radius 1 is 1.13 bits per heavy atom. The lowest BCUT2D eigenvalue weighted by Crippen LogP contribution is -2.40. The molecule has 4 rings (SSSR count). The van der Waals surface area contributed by atoms with Crippen molar-refractivity contribution in [1.29, 1.82) is 0 Å². The van der Waals surface area contributed by atoms with Crippen molar-refractivity contribution >= 4 is 21.6 Å². The summed E-state index contributed by atoms with van der Waals surface area (Å²) in [5, 5.41) is 9.65. The number of benzene rings is 2. The number of carbonyl (C=O) groups is 1. The first-order chi connectivity index (χ1) is 15.0. The molecule has 0 radical (unpaired) electrons. The van der Waals surface area contributed by atoms with Crippen molar-refractivity contribution in [3.63, 3.8) is 0 Å². The van der Waals surface area contributed by atoms with Gasteiger partial charge in [-0.05, 0) is 42.5 Å². The lowest BCUT2D eigenvalue weighted by molar-refractivity contribution is 0.0730. The second kappa shape index (κ2) is 8.88. The van der Waals surface area contributed by atoms with Gasteiger partial charge < -0.3 is 14.8 Å². The quantitative estimate of drug-likeness (QED) is 0.606. The number of nitrogens with zero attached hydrogens (tertiary/aromatic N) is 2. The molecule has 1 amide bonds. The van der Waals surface area contributed by atoms with Crippen LogP contribution in [0.5, 0.6) is 5.75 Å². The molecule has 2 aromatic carbocycles. The van der Waals surface area contributed by atoms with Gasteiger partial charge >= 0.3 is 0 Å². The van der Waals surface area contributed by atoms with Crippen LogP contribution in [0.25, 0.3) is 11.3 Å². The van der Waals surface area contributed by atoms with Crippen LogP contribution in [-0.2, 0) is 14.8 Å². The predicted molar refractivity (Wildman–Crippen MR) is 115 cm³/mol. The van der Waals surface area contributed by atoms with Gasteiger partial charge in [-0.1, -0.05) is 12.1 Å². The van der Waals surface area contributed by atoms with Crippen LogP contribution in [0.1, 0.15) is 10.5 Å². The maximum absolute atomic E-state index is 12.7. The van der Waals surface area contributed by atoms with E-state index in [1.54, 1.807) is 25.3 Å². The van der Waals surface area contributed by atoms with Gasteiger partial charge in [-0.15, -0.1) is 0 Å². The number of anilines is 1. The molecule has 3 aromatic rings. The molecule has 31 heavy (non-hydrogen) atoms. The second-order valence-electron chi connectivity index (χ2n) is 6.89. The topological polar surface area (TPSA) is 114 Å². The summed E-state index contributed by atoms with van der Waals surface area (Å²) < 4.78 is 37.2. The van der Waals surface area contributed by atoms with Gasteiger partial charge in [0.1, 0.15) is 11.4 Å². The number of rotatable bonds is 6. The number of aromatic amines is 1. The molecule has 9 nitrogen and oxygen atoms in total. The lowest BCUT2D eigenvalue weighted by Gasteiger charge is -2.26. The van der Waals surface area contributed by atoms with Crippen molar-refractivity contribution in [3.8, 4) is 17.0 Å². The van der Waals surface area contributed by atoms with Gasteiger partial charge in [0, 0.05) is 24.3 Å². The van der Waals surface area contributed by atoms with E-state index in [4.69, 9.17) is 9.47 Å². The zero-order valence-electron chi connectivity index (χ0n) is 16.9. The Morgan fingerprint density at radius 2 is 1.87 bits per heavy atom. The van der Waals surface area contributed by atoms with Crippen LogP contribution in [0.3, 0.4) is 0 Å². The molecule has 0 spiro atoms. The fraction of sp³-hybridized carbons (Fsp3) is 0.238. The molecule has 10 heteroatoms. The summed E-state index contributed by atoms with van der Waals surface area (Å²) in [5.41, 5.74) is 2.18. The number of sulfonamides is 1. The maximum atomic E-state index is 12.7. The minimum atomic E-state index is -3.58. The number of ether oxygens (including phenoxy) is 2. The molecule has 0 atom stereocenters. The molecule has 0 aliphatic carbocycles. The van der Waals surface area contributed by atoms with Gasteiger partial charge in [-0.25, -0.2) is 8.42 Å². The van der Waals surface area contributed by atoms with Gasteiger partial charge in [0.2, 0.25) is 10.0 Å². The smallest absolute Gasteiger partial charge is 0.273 e. The number of hydrogen-bond donors (Lipinski definition) is 2. The highest BCUT2D eigenvalue weighted by Gasteiger charge is 2.26. The van der Waals surface area contributed by atoms with E-state index in [0.717, 1.165) is 5.56 Å². The van der Waals surface area contributed by atoms with E-state index >= 15 is 0 Å². The lowest BCUT2D eigenvalue weighted by atomic mass is 10.1. The van der Waals surface area contributed by atoms with Gasteiger partial charge in [0.25, 0.3) is 5.91 Å². The Labute approximate surface area is 180 Å². The number of hydrogen-bond acceptors (Lipinski definition) is 6. The van der Waals surface area contributed by atoms with E-state index in [1.165, 1.54) is 16.4 Å². The van der Waals surface area contributed by atoms with Crippen LogP contribution in [-0.4, -0.2) is 62.2 Å². The van der Waals surface area contributed by atoms with Crippen LogP contribution < -0.4 is 10.1 Å². The fourth-order valence-corrected chi connectivity index (χ4v) is 4.62. The Kier molecular flexibility index (Phi) is 6.03. The number of nitrogens with one attached hydrogen (secondary N) is 2. The average molecular weight is 442 g/mol. The van der Waals surface area contributed by atoms with Gasteiger partial charge in [-0.2, -0.15) is 9.40 Å². The van der Waals surface area contributed by atoms with Crippen molar-refractivity contribution in [2.24, 2.45) is 0 Å². The first kappa shape index (κ1) is 21.0. The summed E-state index contributed by atoms with van der Waals surface area (Å²) in [6.07, 6.45) is 0. The summed E-state index contributed by atoms with van der Waals surface area (Å²) in [6, 6.07) is 15.1. The molecular formula is C21H22N4O5S. The van der Waals surface area contributed by atoms with E-state index in [2.05, 4.69) is 15.5 Å². The number of morpholine rings is 1. The monoisotopic (exact) mass is 442 g/mol. The van der Waals surface area contributed by atoms with Crippen molar-refractivity contribution in [2.45, 2.75) is 4.90 Å². The number of methoxy groups -OCH3 is 1. The largest absolute Gasteiger partial charge is 0.497 e. The van der Waals surface area contributed by atoms with Crippen molar-refractivity contribution in [1.82, 2.24) is 14.5 Å². The van der Waals surface area contributed by atoms with Crippen molar-refractivity contribution < 1.29 is 22.7 Å². The van der Waals surface area contributed by atoms with E-state index in [1.807, 2.05) is 24.3 Å². The van der Waals surface area contributed by atoms with Gasteiger partial charge in [0.15, 0.2) is 0 Å². The molecule has 0 unspecified atom stereocenters. The Hall–Kier alpha value is -3.21. The summed E-state index contributed by atoms with van der Waals surface area (Å²) in [7, 11) is -1.99. The molecule has 1 aromatic heterocycles. The average Bonchev–Trinajstić information content (AvgIpc) is 3.31. The van der Waals surface area contributed by atoms with Crippen LogP contribution >= 0.6 is 0 Å². The molecular weight excluding hydrogens is 420 g/mol. The summed E-state index contributed by atoms with van der Waals surface area (Å²) in [5.74, 6) is 0.309. The molecule has 1 saturated heterocycles. The van der Waals surface area contributed by atoms with Crippen LogP contribution in [0, 0.1) is 0 Å². The minimum Gasteiger partial charge on any atom is -0.497 e. The van der Waals surface area contributed by atoms with Crippen LogP contribution in [0.4, 0.5) is 5.69 Å². The third-order valence-corrected chi connectivity index (χ3v) is 6.82. The highest BCUT2D eigenvalue weighted by Crippen LogP contribution is 2.23. The SMILES string of the molecule is COc1cccc(-c2cc(C(=O)Nc3ccc(S(=O)(=O)N4CCOCC4)cc3)[nH]n2)c1. The maximum Gasteiger partial charge on any atom is 0.273 e.